The number of hydrogen-bond acceptors (Lipinski definition) is 7. The number of fused-ring (bicyclic) bond motifs is 1. The molecule has 4 aromatic rings. The summed E-state index contributed by atoms with van der Waals surface area (Å²) in [5, 5.41) is 9.44. The van der Waals surface area contributed by atoms with Gasteiger partial charge in [0, 0.05) is 45.1 Å². The first-order valence-electron chi connectivity index (χ1n) is 13.8. The number of alkyl halides is 3. The largest absolute Gasteiger partial charge is 0.444 e. The molecule has 0 saturated carbocycles. The van der Waals surface area contributed by atoms with Crippen molar-refractivity contribution in [2.24, 2.45) is 7.05 Å². The van der Waals surface area contributed by atoms with Gasteiger partial charge in [-0.25, -0.2) is 14.8 Å². The van der Waals surface area contributed by atoms with Gasteiger partial charge >= 0.3 is 12.3 Å². The first-order chi connectivity index (χ1) is 20.4. The average Bonchev–Trinajstić information content (AvgIpc) is 3.47. The lowest BCUT2D eigenvalue weighted by atomic mass is 10.2. The lowest BCUT2D eigenvalue weighted by Crippen LogP contribution is -2.27. The number of rotatable bonds is 9. The quantitative estimate of drug-likeness (QED) is 0.154. The van der Waals surface area contributed by atoms with E-state index in [4.69, 9.17) is 9.47 Å². The van der Waals surface area contributed by atoms with Gasteiger partial charge in [0.05, 0.1) is 35.0 Å². The van der Waals surface area contributed by atoms with Gasteiger partial charge in [0.15, 0.2) is 5.69 Å². The molecule has 15 heteroatoms. The fourth-order valence-electron chi connectivity index (χ4n) is 4.20. The molecule has 0 atom stereocenters. The normalized spacial score (nSPS) is 12.4. The van der Waals surface area contributed by atoms with E-state index in [1.165, 1.54) is 6.20 Å². The number of pyridine rings is 2. The highest BCUT2D eigenvalue weighted by Crippen LogP contribution is 2.35. The lowest BCUT2D eigenvalue weighted by molar-refractivity contribution is -0.140. The highest BCUT2D eigenvalue weighted by atomic mass is 28.3. The number of halogens is 3. The second-order valence-electron chi connectivity index (χ2n) is 12.5. The van der Waals surface area contributed by atoms with Gasteiger partial charge < -0.3 is 19.4 Å². The molecule has 4 rings (SSSR count). The van der Waals surface area contributed by atoms with Crippen LogP contribution in [0.3, 0.4) is 0 Å². The van der Waals surface area contributed by atoms with Crippen molar-refractivity contribution in [1.29, 1.82) is 0 Å². The molecule has 236 valence electrons. The van der Waals surface area contributed by atoms with Crippen LogP contribution in [-0.2, 0) is 29.4 Å². The van der Waals surface area contributed by atoms with Crippen LogP contribution in [0.2, 0.25) is 25.7 Å². The maximum atomic E-state index is 13.8. The molecule has 44 heavy (non-hydrogen) atoms. The number of ether oxygens (including phenoxy) is 2. The number of aryl methyl sites for hydroxylation is 1. The molecule has 0 aliphatic rings. The molecular weight excluding hydrogens is 595 g/mol. The highest BCUT2D eigenvalue weighted by molar-refractivity contribution is 6.76. The van der Waals surface area contributed by atoms with E-state index in [1.54, 1.807) is 44.8 Å². The van der Waals surface area contributed by atoms with E-state index < -0.39 is 43.2 Å². The fraction of sp³-hybridized carbons (Fsp3) is 0.414. The summed E-state index contributed by atoms with van der Waals surface area (Å²) in [7, 11) is 0.489. The number of nitrogens with zero attached hydrogens (tertiary/aromatic N) is 5. The highest BCUT2D eigenvalue weighted by Gasteiger charge is 2.36. The van der Waals surface area contributed by atoms with Gasteiger partial charge in [-0.05, 0) is 45.0 Å². The fourth-order valence-corrected chi connectivity index (χ4v) is 4.95. The Morgan fingerprint density at radius 1 is 1.00 bits per heavy atom. The van der Waals surface area contributed by atoms with Crippen molar-refractivity contribution in [2.75, 3.05) is 17.2 Å². The molecule has 0 aliphatic carbocycles. The first-order valence-corrected chi connectivity index (χ1v) is 17.5. The van der Waals surface area contributed by atoms with Gasteiger partial charge in [-0.2, -0.15) is 18.3 Å². The molecule has 0 spiro atoms. The summed E-state index contributed by atoms with van der Waals surface area (Å²) < 4.78 is 56.0. The minimum atomic E-state index is -4.87. The Balaban J connectivity index is 1.63. The molecule has 0 saturated heterocycles. The summed E-state index contributed by atoms with van der Waals surface area (Å²) in [5.41, 5.74) is -0.766. The Morgan fingerprint density at radius 3 is 2.34 bits per heavy atom. The predicted molar refractivity (Wildman–Crippen MR) is 163 cm³/mol. The SMILES string of the molecule is Cn1cc(-c2cc3cc(C(=O)Nc4cc(NC(=O)OC(C)(C)C)cnc4C(F)(F)F)cnc3n2COCC[Si](C)(C)C)cn1. The van der Waals surface area contributed by atoms with E-state index in [2.05, 4.69) is 45.3 Å². The number of amides is 2. The third-order valence-corrected chi connectivity index (χ3v) is 7.97. The van der Waals surface area contributed by atoms with E-state index in [-0.39, 0.29) is 18.0 Å². The van der Waals surface area contributed by atoms with Crippen molar-refractivity contribution in [2.45, 2.75) is 65.0 Å². The number of carbonyl (C=O) groups excluding carboxylic acids is 2. The molecule has 2 N–H and O–H groups in total. The van der Waals surface area contributed by atoms with Crippen molar-refractivity contribution in [3.8, 4) is 11.3 Å². The Kier molecular flexibility index (Phi) is 9.20. The zero-order valence-corrected chi connectivity index (χ0v) is 26.7. The van der Waals surface area contributed by atoms with Crippen molar-refractivity contribution in [3.63, 3.8) is 0 Å². The molecule has 4 aromatic heterocycles. The molecule has 11 nitrogen and oxygen atoms in total. The summed E-state index contributed by atoms with van der Waals surface area (Å²) in [5.74, 6) is -0.844. The van der Waals surface area contributed by atoms with Crippen LogP contribution in [0.1, 0.15) is 36.8 Å². The molecule has 0 radical (unpaired) electrons. The number of anilines is 2. The maximum Gasteiger partial charge on any atom is 0.435 e. The van der Waals surface area contributed by atoms with E-state index in [0.29, 0.717) is 17.6 Å². The number of carbonyl (C=O) groups is 2. The van der Waals surface area contributed by atoms with Crippen molar-refractivity contribution >= 4 is 42.5 Å². The van der Waals surface area contributed by atoms with Crippen LogP contribution in [0.4, 0.5) is 29.3 Å². The minimum absolute atomic E-state index is 0.0191. The Morgan fingerprint density at radius 2 is 1.73 bits per heavy atom. The second kappa shape index (κ2) is 12.4. The van der Waals surface area contributed by atoms with Crippen molar-refractivity contribution in [3.05, 3.63) is 54.2 Å². The smallest absolute Gasteiger partial charge is 0.435 e. The summed E-state index contributed by atoms with van der Waals surface area (Å²) in [4.78, 5) is 33.3. The van der Waals surface area contributed by atoms with Crippen LogP contribution in [0.25, 0.3) is 22.3 Å². The molecule has 0 aliphatic heterocycles. The number of aromatic nitrogens is 5. The van der Waals surface area contributed by atoms with Gasteiger partial charge in [-0.15, -0.1) is 0 Å². The molecule has 0 fully saturated rings. The van der Waals surface area contributed by atoms with Crippen LogP contribution in [-0.4, -0.2) is 56.6 Å². The molecule has 4 heterocycles. The second-order valence-corrected chi connectivity index (χ2v) is 18.2. The van der Waals surface area contributed by atoms with Gasteiger partial charge in [-0.3, -0.25) is 14.8 Å². The van der Waals surface area contributed by atoms with E-state index >= 15 is 0 Å². The zero-order chi connectivity index (χ0) is 32.4. The number of nitrogens with one attached hydrogen (secondary N) is 2. The van der Waals surface area contributed by atoms with Gasteiger partial charge in [-0.1, -0.05) is 19.6 Å². The molecule has 0 aromatic carbocycles. The van der Waals surface area contributed by atoms with E-state index in [1.807, 2.05) is 16.8 Å². The van der Waals surface area contributed by atoms with Gasteiger partial charge in [0.2, 0.25) is 0 Å². The van der Waals surface area contributed by atoms with Crippen LogP contribution in [0.5, 0.6) is 0 Å². The van der Waals surface area contributed by atoms with Gasteiger partial charge in [0.25, 0.3) is 5.91 Å². The Hall–Kier alpha value is -4.24. The summed E-state index contributed by atoms with van der Waals surface area (Å²) >= 11 is 0. The van der Waals surface area contributed by atoms with Crippen LogP contribution in [0.15, 0.2) is 43.0 Å². The Labute approximate surface area is 253 Å². The summed E-state index contributed by atoms with van der Waals surface area (Å²) in [6.07, 6.45) is -0.101. The monoisotopic (exact) mass is 631 g/mol. The zero-order valence-electron chi connectivity index (χ0n) is 25.7. The molecule has 2 amide bonds. The topological polar surface area (TPSA) is 125 Å². The average molecular weight is 632 g/mol. The molecule has 0 bridgehead atoms. The van der Waals surface area contributed by atoms with Crippen molar-refractivity contribution < 1.29 is 32.2 Å². The third-order valence-electron chi connectivity index (χ3n) is 6.26. The predicted octanol–water partition coefficient (Wildman–Crippen LogP) is 6.76. The molecular formula is C29H36F3N7O4Si. The first kappa shape index (κ1) is 32.7. The van der Waals surface area contributed by atoms with Crippen LogP contribution < -0.4 is 10.6 Å². The van der Waals surface area contributed by atoms with E-state index in [9.17, 15) is 22.8 Å². The maximum absolute atomic E-state index is 13.8. The van der Waals surface area contributed by atoms with Gasteiger partial charge in [0.1, 0.15) is 18.0 Å². The van der Waals surface area contributed by atoms with Crippen LogP contribution >= 0.6 is 0 Å². The Bertz CT molecular complexity index is 1670. The summed E-state index contributed by atoms with van der Waals surface area (Å²) in [6, 6.07) is 5.32. The number of hydrogen-bond donors (Lipinski definition) is 2. The third kappa shape index (κ3) is 8.44. The van der Waals surface area contributed by atoms with E-state index in [0.717, 1.165) is 29.6 Å². The standard InChI is InChI=1S/C29H36F3N7O4Si/c1-28(2,3)43-27(41)36-21-12-22(24(33-15-21)29(30,31)32)37-26(40)19-10-18-11-23(20-14-35-38(4)16-20)39(25(18)34-13-19)17-42-8-9-44(5,6)7/h10-16H,8-9,17H2,1-7H3,(H,36,41)(H,37,40). The molecule has 0 unspecified atom stereocenters. The minimum Gasteiger partial charge on any atom is -0.444 e. The lowest BCUT2D eigenvalue weighted by Gasteiger charge is -2.20. The summed E-state index contributed by atoms with van der Waals surface area (Å²) in [6.45, 7) is 12.5. The van der Waals surface area contributed by atoms with Crippen molar-refractivity contribution in [1.82, 2.24) is 24.3 Å². The van der Waals surface area contributed by atoms with Crippen LogP contribution in [0, 0.1) is 0 Å².